The summed E-state index contributed by atoms with van der Waals surface area (Å²) < 4.78 is 11.1. The van der Waals surface area contributed by atoms with Crippen molar-refractivity contribution in [3.05, 3.63) is 12.4 Å². The van der Waals surface area contributed by atoms with E-state index in [0.717, 1.165) is 24.6 Å². The van der Waals surface area contributed by atoms with Gasteiger partial charge in [0, 0.05) is 42.0 Å². The van der Waals surface area contributed by atoms with E-state index in [0.29, 0.717) is 0 Å². The lowest BCUT2D eigenvalue weighted by Crippen LogP contribution is -2.15. The van der Waals surface area contributed by atoms with Crippen LogP contribution >= 0.6 is 0 Å². The van der Waals surface area contributed by atoms with E-state index in [1.54, 1.807) is 6.26 Å². The first-order valence-corrected chi connectivity index (χ1v) is 6.81. The van der Waals surface area contributed by atoms with E-state index >= 15 is 0 Å². The Labute approximate surface area is 98.5 Å². The Balaban J connectivity index is 2.39. The average Bonchev–Trinajstić information content (AvgIpc) is 2.29. The predicted octanol–water partition coefficient (Wildman–Crippen LogP) is 1.09. The van der Waals surface area contributed by atoms with Crippen LogP contribution < -0.4 is 10.6 Å². The van der Waals surface area contributed by atoms with Gasteiger partial charge in [0.25, 0.3) is 0 Å². The third kappa shape index (κ3) is 4.14. The number of nitrogens with one attached hydrogen (secondary N) is 2. The highest BCUT2D eigenvalue weighted by molar-refractivity contribution is 7.84. The van der Waals surface area contributed by atoms with E-state index in [1.807, 2.05) is 20.0 Å². The quantitative estimate of drug-likeness (QED) is 0.781. The van der Waals surface area contributed by atoms with Crippen LogP contribution in [0.2, 0.25) is 0 Å². The summed E-state index contributed by atoms with van der Waals surface area (Å²) in [5, 5.41) is 6.33. The van der Waals surface area contributed by atoms with Gasteiger partial charge in [-0.3, -0.25) is 4.21 Å². The van der Waals surface area contributed by atoms with Crippen LogP contribution in [-0.2, 0) is 10.8 Å². The summed E-state index contributed by atoms with van der Waals surface area (Å²) in [5.41, 5.74) is 0. The van der Waals surface area contributed by atoms with Gasteiger partial charge < -0.3 is 10.6 Å². The van der Waals surface area contributed by atoms with Crippen molar-refractivity contribution < 1.29 is 4.21 Å². The van der Waals surface area contributed by atoms with Crippen LogP contribution in [0.15, 0.2) is 12.4 Å². The second kappa shape index (κ2) is 6.42. The summed E-state index contributed by atoms with van der Waals surface area (Å²) in [6.07, 6.45) is 4.10. The molecule has 0 bridgehead atoms. The maximum atomic E-state index is 11.1. The Hall–Kier alpha value is -1.17. The monoisotopic (exact) mass is 242 g/mol. The van der Waals surface area contributed by atoms with Gasteiger partial charge in [0.1, 0.15) is 18.0 Å². The minimum Gasteiger partial charge on any atom is -0.373 e. The number of nitrogens with zero attached hydrogens (tertiary/aromatic N) is 2. The number of aromatic nitrogens is 2. The Bertz CT molecular complexity index is 358. The van der Waals surface area contributed by atoms with Crippen LogP contribution in [0.25, 0.3) is 0 Å². The fourth-order valence-corrected chi connectivity index (χ4v) is 1.61. The van der Waals surface area contributed by atoms with Gasteiger partial charge in [-0.15, -0.1) is 0 Å². The smallest absolute Gasteiger partial charge is 0.131 e. The number of hydrogen-bond donors (Lipinski definition) is 2. The lowest BCUT2D eigenvalue weighted by molar-refractivity contribution is 0.672. The maximum Gasteiger partial charge on any atom is 0.131 e. The second-order valence-corrected chi connectivity index (χ2v) is 5.37. The molecule has 1 heterocycles. The Morgan fingerprint density at radius 2 is 2.12 bits per heavy atom. The van der Waals surface area contributed by atoms with E-state index in [-0.39, 0.29) is 5.25 Å². The van der Waals surface area contributed by atoms with Crippen molar-refractivity contribution in [2.45, 2.75) is 18.6 Å². The molecule has 16 heavy (non-hydrogen) atoms. The summed E-state index contributed by atoms with van der Waals surface area (Å²) in [6, 6.07) is 1.84. The summed E-state index contributed by atoms with van der Waals surface area (Å²) in [4.78, 5) is 8.11. The molecule has 2 unspecified atom stereocenters. The molecular formula is C10H18N4OS. The lowest BCUT2D eigenvalue weighted by Gasteiger charge is -2.09. The molecule has 0 aliphatic carbocycles. The summed E-state index contributed by atoms with van der Waals surface area (Å²) >= 11 is 0. The third-order valence-electron chi connectivity index (χ3n) is 2.35. The van der Waals surface area contributed by atoms with Crippen molar-refractivity contribution in [2.24, 2.45) is 0 Å². The highest BCUT2D eigenvalue weighted by Crippen LogP contribution is 2.08. The van der Waals surface area contributed by atoms with Crippen molar-refractivity contribution >= 4 is 22.4 Å². The lowest BCUT2D eigenvalue weighted by atomic mass is 10.3. The molecule has 2 atom stereocenters. The third-order valence-corrected chi connectivity index (χ3v) is 3.72. The van der Waals surface area contributed by atoms with Gasteiger partial charge in [0.15, 0.2) is 0 Å². The molecule has 5 nitrogen and oxygen atoms in total. The zero-order valence-electron chi connectivity index (χ0n) is 9.86. The van der Waals surface area contributed by atoms with Crippen LogP contribution in [0, 0.1) is 0 Å². The average molecular weight is 242 g/mol. The summed E-state index contributed by atoms with van der Waals surface area (Å²) in [6.45, 7) is 2.75. The van der Waals surface area contributed by atoms with Crippen molar-refractivity contribution in [1.82, 2.24) is 9.97 Å². The molecule has 0 spiro atoms. The van der Waals surface area contributed by atoms with E-state index in [2.05, 4.69) is 20.6 Å². The highest BCUT2D eigenvalue weighted by atomic mass is 32.2. The normalized spacial score (nSPS) is 14.2. The van der Waals surface area contributed by atoms with Crippen molar-refractivity contribution in [3.8, 4) is 0 Å². The molecule has 6 heteroatoms. The molecule has 0 radical (unpaired) electrons. The van der Waals surface area contributed by atoms with Gasteiger partial charge in [-0.2, -0.15) is 0 Å². The Kier molecular flexibility index (Phi) is 5.18. The fraction of sp³-hybridized carbons (Fsp3) is 0.600. The fourth-order valence-electron chi connectivity index (χ4n) is 1.16. The first kappa shape index (κ1) is 12.9. The zero-order chi connectivity index (χ0) is 12.0. The molecule has 90 valence electrons. The molecule has 2 N–H and O–H groups in total. The van der Waals surface area contributed by atoms with E-state index in [9.17, 15) is 4.21 Å². The van der Waals surface area contributed by atoms with Gasteiger partial charge in [0.2, 0.25) is 0 Å². The van der Waals surface area contributed by atoms with E-state index in [1.165, 1.54) is 6.33 Å². The SMILES string of the molecule is CNc1cc(NCCC(C)S(C)=O)ncn1. The molecular weight excluding hydrogens is 224 g/mol. The van der Waals surface area contributed by atoms with Gasteiger partial charge in [-0.05, 0) is 6.42 Å². The summed E-state index contributed by atoms with van der Waals surface area (Å²) in [5.74, 6) is 1.57. The molecule has 1 aromatic rings. The minimum absolute atomic E-state index is 0.207. The molecule has 0 saturated carbocycles. The van der Waals surface area contributed by atoms with Crippen LogP contribution in [0.1, 0.15) is 13.3 Å². The van der Waals surface area contributed by atoms with Gasteiger partial charge in [-0.25, -0.2) is 9.97 Å². The second-order valence-electron chi connectivity index (χ2n) is 3.56. The molecule has 1 rings (SSSR count). The highest BCUT2D eigenvalue weighted by Gasteiger charge is 2.05. The molecule has 0 saturated heterocycles. The van der Waals surface area contributed by atoms with Crippen LogP contribution in [0.4, 0.5) is 11.6 Å². The summed E-state index contributed by atoms with van der Waals surface area (Å²) in [7, 11) is 1.05. The Morgan fingerprint density at radius 3 is 2.75 bits per heavy atom. The Morgan fingerprint density at radius 1 is 1.44 bits per heavy atom. The molecule has 1 aromatic heterocycles. The first-order valence-electron chi connectivity index (χ1n) is 5.19. The van der Waals surface area contributed by atoms with Crippen molar-refractivity contribution in [2.75, 3.05) is 30.5 Å². The van der Waals surface area contributed by atoms with Gasteiger partial charge in [0.05, 0.1) is 0 Å². The van der Waals surface area contributed by atoms with Gasteiger partial charge in [-0.1, -0.05) is 6.92 Å². The number of hydrogen-bond acceptors (Lipinski definition) is 5. The molecule has 0 fully saturated rings. The first-order chi connectivity index (χ1) is 7.63. The molecule has 0 aromatic carbocycles. The number of anilines is 2. The van der Waals surface area contributed by atoms with Crippen LogP contribution in [0.3, 0.4) is 0 Å². The molecule has 0 amide bonds. The minimum atomic E-state index is -0.759. The van der Waals surface area contributed by atoms with E-state index < -0.39 is 10.8 Å². The van der Waals surface area contributed by atoms with Crippen molar-refractivity contribution in [3.63, 3.8) is 0 Å². The predicted molar refractivity (Wildman–Crippen MR) is 68.2 cm³/mol. The van der Waals surface area contributed by atoms with Crippen molar-refractivity contribution in [1.29, 1.82) is 0 Å². The standard InChI is InChI=1S/C10H18N4OS/c1-8(16(3)15)4-5-12-10-6-9(11-2)13-7-14-10/h6-8H,4-5H2,1-3H3,(H2,11,12,13,14). The molecule has 0 aliphatic heterocycles. The number of rotatable bonds is 6. The van der Waals surface area contributed by atoms with Crippen LogP contribution in [0.5, 0.6) is 0 Å². The topological polar surface area (TPSA) is 66.9 Å². The van der Waals surface area contributed by atoms with E-state index in [4.69, 9.17) is 0 Å². The van der Waals surface area contributed by atoms with Gasteiger partial charge >= 0.3 is 0 Å². The molecule has 0 aliphatic rings. The largest absolute Gasteiger partial charge is 0.373 e. The van der Waals surface area contributed by atoms with Crippen LogP contribution in [-0.4, -0.2) is 39.3 Å². The zero-order valence-corrected chi connectivity index (χ0v) is 10.7. The maximum absolute atomic E-state index is 11.1.